The van der Waals surface area contributed by atoms with Gasteiger partial charge in [-0.1, -0.05) is 28.4 Å². The highest BCUT2D eigenvalue weighted by Gasteiger charge is 2.14. The molecule has 0 fully saturated rings. The zero-order valence-electron chi connectivity index (χ0n) is 15.0. The van der Waals surface area contributed by atoms with Crippen molar-refractivity contribution in [3.05, 3.63) is 86.8 Å². The number of amides is 1. The van der Waals surface area contributed by atoms with Gasteiger partial charge in [-0.25, -0.2) is 0 Å². The summed E-state index contributed by atoms with van der Waals surface area (Å²) in [6.45, 7) is 2.07. The van der Waals surface area contributed by atoms with E-state index in [9.17, 15) is 9.59 Å². The van der Waals surface area contributed by atoms with Crippen molar-refractivity contribution >= 4 is 28.4 Å². The van der Waals surface area contributed by atoms with Gasteiger partial charge in [-0.3, -0.25) is 9.59 Å². The number of hydrogen-bond acceptors (Lipinski definition) is 4. The van der Waals surface area contributed by atoms with Crippen molar-refractivity contribution in [2.24, 2.45) is 0 Å². The molecule has 0 saturated heterocycles. The number of nitrogens with one attached hydrogen (secondary N) is 2. The number of aromatic nitrogens is 2. The van der Waals surface area contributed by atoms with Crippen LogP contribution in [0, 0.1) is 6.92 Å². The Morgan fingerprint density at radius 3 is 2.71 bits per heavy atom. The van der Waals surface area contributed by atoms with Crippen LogP contribution in [-0.2, 0) is 6.54 Å². The highest BCUT2D eigenvalue weighted by atomic mass is 35.5. The van der Waals surface area contributed by atoms with E-state index < -0.39 is 5.91 Å². The summed E-state index contributed by atoms with van der Waals surface area (Å²) < 4.78 is 5.24. The fraction of sp³-hybridized carbons (Fsp3) is 0.0952. The van der Waals surface area contributed by atoms with Crippen LogP contribution in [0.4, 0.5) is 0 Å². The van der Waals surface area contributed by atoms with Crippen molar-refractivity contribution in [2.75, 3.05) is 0 Å². The molecule has 1 amide bonds. The van der Waals surface area contributed by atoms with Crippen molar-refractivity contribution in [1.82, 2.24) is 15.5 Å². The molecule has 0 aliphatic rings. The summed E-state index contributed by atoms with van der Waals surface area (Å²) in [6, 6.07) is 16.1. The van der Waals surface area contributed by atoms with Crippen LogP contribution < -0.4 is 10.9 Å². The Hall–Kier alpha value is -3.38. The number of benzene rings is 2. The molecule has 0 bridgehead atoms. The molecule has 2 N–H and O–H groups in total. The van der Waals surface area contributed by atoms with Crippen LogP contribution in [-0.4, -0.2) is 16.0 Å². The fourth-order valence-corrected chi connectivity index (χ4v) is 3.03. The number of carbonyl (C=O) groups excluding carboxylic acids is 1. The average molecular weight is 394 g/mol. The molecule has 4 rings (SSSR count). The van der Waals surface area contributed by atoms with Crippen molar-refractivity contribution in [3.63, 3.8) is 0 Å². The monoisotopic (exact) mass is 393 g/mol. The molecule has 2 aromatic heterocycles. The second kappa shape index (κ2) is 7.32. The average Bonchev–Trinajstić information content (AvgIpc) is 3.17. The first kappa shape index (κ1) is 18.0. The molecule has 7 heteroatoms. The molecule has 140 valence electrons. The Balaban J connectivity index is 1.50. The highest BCUT2D eigenvalue weighted by Crippen LogP contribution is 2.22. The van der Waals surface area contributed by atoms with Crippen molar-refractivity contribution in [2.45, 2.75) is 13.5 Å². The van der Waals surface area contributed by atoms with Gasteiger partial charge in [-0.15, -0.1) is 0 Å². The van der Waals surface area contributed by atoms with E-state index in [4.69, 9.17) is 16.1 Å². The number of aryl methyl sites for hydroxylation is 1. The third kappa shape index (κ3) is 3.68. The molecular weight excluding hydrogens is 378 g/mol. The van der Waals surface area contributed by atoms with E-state index in [0.717, 1.165) is 22.0 Å². The summed E-state index contributed by atoms with van der Waals surface area (Å²) in [5.41, 5.74) is 2.98. The van der Waals surface area contributed by atoms with Gasteiger partial charge in [0.25, 0.3) is 11.5 Å². The van der Waals surface area contributed by atoms with Gasteiger partial charge in [0.05, 0.1) is 0 Å². The summed E-state index contributed by atoms with van der Waals surface area (Å²) in [5.74, 6) is 0.0357. The Bertz CT molecular complexity index is 1230. The number of fused-ring (bicyclic) bond motifs is 1. The van der Waals surface area contributed by atoms with Crippen LogP contribution >= 0.6 is 11.6 Å². The van der Waals surface area contributed by atoms with Gasteiger partial charge < -0.3 is 14.8 Å². The minimum Gasteiger partial charge on any atom is -0.355 e. The molecule has 6 nitrogen and oxygen atoms in total. The zero-order chi connectivity index (χ0) is 19.7. The number of aromatic amines is 1. The maximum Gasteiger partial charge on any atom is 0.273 e. The van der Waals surface area contributed by atoms with Crippen molar-refractivity contribution < 1.29 is 9.32 Å². The van der Waals surface area contributed by atoms with Crippen LogP contribution in [0.25, 0.3) is 22.2 Å². The van der Waals surface area contributed by atoms with E-state index in [0.29, 0.717) is 16.3 Å². The minimum atomic E-state index is -0.423. The molecule has 0 aliphatic carbocycles. The number of H-pyrrole nitrogens is 1. The first-order valence-corrected chi connectivity index (χ1v) is 9.01. The standard InChI is InChI=1S/C21H16ClN3O3/c1-12-2-7-17-14(8-12)9-15(20(26)24-17)11-23-21(27)18-10-19(28-25-18)13-3-5-16(22)6-4-13/h2-10H,11H2,1H3,(H,23,27)(H,24,26). The predicted molar refractivity (Wildman–Crippen MR) is 107 cm³/mol. The molecule has 2 aromatic carbocycles. The predicted octanol–water partition coefficient (Wildman–Crippen LogP) is 4.07. The van der Waals surface area contributed by atoms with E-state index in [1.54, 1.807) is 36.4 Å². The van der Waals surface area contributed by atoms with Crippen molar-refractivity contribution in [3.8, 4) is 11.3 Å². The fourth-order valence-electron chi connectivity index (χ4n) is 2.90. The molecule has 4 aromatic rings. The maximum absolute atomic E-state index is 12.4. The second-order valence-electron chi connectivity index (χ2n) is 6.48. The highest BCUT2D eigenvalue weighted by molar-refractivity contribution is 6.30. The van der Waals surface area contributed by atoms with Crippen LogP contribution in [0.2, 0.25) is 5.02 Å². The summed E-state index contributed by atoms with van der Waals surface area (Å²) in [4.78, 5) is 27.4. The van der Waals surface area contributed by atoms with E-state index in [-0.39, 0.29) is 17.8 Å². The smallest absolute Gasteiger partial charge is 0.273 e. The maximum atomic E-state index is 12.4. The Morgan fingerprint density at radius 2 is 1.93 bits per heavy atom. The third-order valence-electron chi connectivity index (χ3n) is 4.39. The van der Waals surface area contributed by atoms with E-state index in [1.807, 2.05) is 25.1 Å². The quantitative estimate of drug-likeness (QED) is 0.547. The van der Waals surface area contributed by atoms with Gasteiger partial charge in [-0.2, -0.15) is 0 Å². The molecule has 0 radical (unpaired) electrons. The number of nitrogens with zero attached hydrogens (tertiary/aromatic N) is 1. The van der Waals surface area contributed by atoms with Gasteiger partial charge in [0.15, 0.2) is 11.5 Å². The lowest BCUT2D eigenvalue weighted by Gasteiger charge is -2.05. The summed E-state index contributed by atoms with van der Waals surface area (Å²) in [7, 11) is 0. The number of hydrogen-bond donors (Lipinski definition) is 2. The number of pyridine rings is 1. The van der Waals surface area contributed by atoms with Gasteiger partial charge in [0.2, 0.25) is 0 Å². The SMILES string of the molecule is Cc1ccc2[nH]c(=O)c(CNC(=O)c3cc(-c4ccc(Cl)cc4)on3)cc2c1. The molecule has 0 unspecified atom stereocenters. The van der Waals surface area contributed by atoms with Gasteiger partial charge in [0, 0.05) is 34.3 Å². The molecule has 0 aliphatic heterocycles. The summed E-state index contributed by atoms with van der Waals surface area (Å²) in [6.07, 6.45) is 0. The minimum absolute atomic E-state index is 0.0845. The zero-order valence-corrected chi connectivity index (χ0v) is 15.7. The first-order chi connectivity index (χ1) is 13.5. The van der Waals surface area contributed by atoms with E-state index >= 15 is 0 Å². The van der Waals surface area contributed by atoms with Gasteiger partial charge in [-0.05, 0) is 54.8 Å². The Morgan fingerprint density at radius 1 is 1.14 bits per heavy atom. The lowest BCUT2D eigenvalue weighted by atomic mass is 10.1. The van der Waals surface area contributed by atoms with Gasteiger partial charge >= 0.3 is 0 Å². The lowest BCUT2D eigenvalue weighted by Crippen LogP contribution is -2.26. The summed E-state index contributed by atoms with van der Waals surface area (Å²) in [5, 5.41) is 8.03. The Kier molecular flexibility index (Phi) is 4.71. The van der Waals surface area contributed by atoms with Crippen LogP contribution in [0.5, 0.6) is 0 Å². The lowest BCUT2D eigenvalue weighted by molar-refractivity contribution is 0.0942. The summed E-state index contributed by atoms with van der Waals surface area (Å²) >= 11 is 5.87. The van der Waals surface area contributed by atoms with Crippen LogP contribution in [0.3, 0.4) is 0 Å². The molecule has 0 spiro atoms. The molecule has 0 saturated carbocycles. The van der Waals surface area contributed by atoms with Gasteiger partial charge in [0.1, 0.15) is 0 Å². The molecule has 2 heterocycles. The molecular formula is C21H16ClN3O3. The van der Waals surface area contributed by atoms with Crippen LogP contribution in [0.1, 0.15) is 21.6 Å². The molecule has 28 heavy (non-hydrogen) atoms. The van der Waals surface area contributed by atoms with E-state index in [2.05, 4.69) is 15.5 Å². The topological polar surface area (TPSA) is 88.0 Å². The first-order valence-electron chi connectivity index (χ1n) is 8.63. The molecule has 0 atom stereocenters. The largest absolute Gasteiger partial charge is 0.355 e. The third-order valence-corrected chi connectivity index (χ3v) is 4.64. The van der Waals surface area contributed by atoms with Crippen LogP contribution in [0.15, 0.2) is 63.9 Å². The number of carbonyl (C=O) groups is 1. The van der Waals surface area contributed by atoms with Crippen molar-refractivity contribution in [1.29, 1.82) is 0 Å². The number of halogens is 1. The van der Waals surface area contributed by atoms with E-state index in [1.165, 1.54) is 0 Å². The number of rotatable bonds is 4. The second-order valence-corrected chi connectivity index (χ2v) is 6.92. The Labute approximate surface area is 165 Å². The normalized spacial score (nSPS) is 10.9.